The number of rotatable bonds is 2. The summed E-state index contributed by atoms with van der Waals surface area (Å²) in [6.45, 7) is 12.8. The summed E-state index contributed by atoms with van der Waals surface area (Å²) < 4.78 is 0. The van der Waals surface area contributed by atoms with E-state index in [4.69, 9.17) is 0 Å². The van der Waals surface area contributed by atoms with E-state index in [0.717, 1.165) is 12.8 Å². The monoisotopic (exact) mass is 214 g/mol. The van der Waals surface area contributed by atoms with E-state index in [0.29, 0.717) is 10.5 Å². The van der Waals surface area contributed by atoms with Gasteiger partial charge in [-0.25, -0.2) is 0 Å². The van der Waals surface area contributed by atoms with E-state index < -0.39 is 0 Å². The lowest BCUT2D eigenvalue weighted by Crippen LogP contribution is -2.30. The number of thioether (sulfide) groups is 1. The molecule has 82 valence electrons. The highest BCUT2D eigenvalue weighted by Gasteiger charge is 2.40. The fourth-order valence-corrected chi connectivity index (χ4v) is 3.66. The van der Waals surface area contributed by atoms with Crippen molar-refractivity contribution in [3.8, 4) is 0 Å². The number of hydrogen-bond acceptors (Lipinski definition) is 2. The van der Waals surface area contributed by atoms with Gasteiger partial charge in [-0.05, 0) is 18.3 Å². The van der Waals surface area contributed by atoms with E-state index in [-0.39, 0.29) is 11.5 Å². The van der Waals surface area contributed by atoms with Crippen LogP contribution in [0.4, 0.5) is 0 Å². The third kappa shape index (κ3) is 2.54. The molecular formula is C12H22OS. The first-order chi connectivity index (χ1) is 6.36. The minimum absolute atomic E-state index is 0.159. The highest BCUT2D eigenvalue weighted by Crippen LogP contribution is 2.46. The Kier molecular flexibility index (Phi) is 3.70. The quantitative estimate of drug-likeness (QED) is 0.712. The predicted molar refractivity (Wildman–Crippen MR) is 64.7 cm³/mol. The summed E-state index contributed by atoms with van der Waals surface area (Å²) in [5, 5.41) is 10.8. The molecule has 0 amide bonds. The van der Waals surface area contributed by atoms with Gasteiger partial charge >= 0.3 is 0 Å². The van der Waals surface area contributed by atoms with Crippen molar-refractivity contribution >= 4 is 11.8 Å². The van der Waals surface area contributed by atoms with Crippen LogP contribution in [0.1, 0.15) is 40.5 Å². The van der Waals surface area contributed by atoms with Crippen molar-refractivity contribution in [2.45, 2.75) is 57.1 Å². The molecule has 0 spiro atoms. The van der Waals surface area contributed by atoms with Gasteiger partial charge in [0.1, 0.15) is 0 Å². The Morgan fingerprint density at radius 2 is 2.07 bits per heavy atom. The Morgan fingerprint density at radius 3 is 2.43 bits per heavy atom. The first-order valence-electron chi connectivity index (χ1n) is 5.37. The number of hydrogen-bond donors (Lipinski definition) is 1. The molecular weight excluding hydrogens is 192 g/mol. The molecule has 3 atom stereocenters. The zero-order chi connectivity index (χ0) is 10.9. The molecule has 14 heavy (non-hydrogen) atoms. The van der Waals surface area contributed by atoms with E-state index in [2.05, 4.69) is 34.3 Å². The number of aliphatic hydroxyl groups is 1. The molecule has 1 aliphatic heterocycles. The van der Waals surface area contributed by atoms with Gasteiger partial charge in [0, 0.05) is 10.5 Å². The third-order valence-corrected chi connectivity index (χ3v) is 5.05. The number of aliphatic hydroxyl groups excluding tert-OH is 1. The lowest BCUT2D eigenvalue weighted by molar-refractivity contribution is 0.133. The molecule has 0 aromatic carbocycles. The Bertz CT molecular complexity index is 217. The standard InChI is InChI=1S/C12H22OS/c1-6-8(2)10-7-9(13)11(14-10)12(3,4)5/h9-11,13H,2,6-7H2,1,3-5H3. The lowest BCUT2D eigenvalue weighted by atomic mass is 9.87. The molecule has 1 fully saturated rings. The first kappa shape index (κ1) is 12.1. The molecule has 0 bridgehead atoms. The fourth-order valence-electron chi connectivity index (χ4n) is 1.94. The fraction of sp³-hybridized carbons (Fsp3) is 0.833. The van der Waals surface area contributed by atoms with Crippen LogP contribution >= 0.6 is 11.8 Å². The highest BCUT2D eigenvalue weighted by atomic mass is 32.2. The normalized spacial score (nSPS) is 33.4. The molecule has 1 saturated heterocycles. The van der Waals surface area contributed by atoms with Gasteiger partial charge in [-0.2, -0.15) is 0 Å². The summed E-state index contributed by atoms with van der Waals surface area (Å²) in [5.41, 5.74) is 1.47. The minimum atomic E-state index is -0.159. The lowest BCUT2D eigenvalue weighted by Gasteiger charge is -2.28. The van der Waals surface area contributed by atoms with E-state index in [9.17, 15) is 5.11 Å². The van der Waals surface area contributed by atoms with Crippen LogP contribution in [0.15, 0.2) is 12.2 Å². The van der Waals surface area contributed by atoms with Crippen molar-refractivity contribution in [2.24, 2.45) is 5.41 Å². The van der Waals surface area contributed by atoms with Crippen LogP contribution in [-0.4, -0.2) is 21.7 Å². The second kappa shape index (κ2) is 4.28. The molecule has 1 heterocycles. The molecule has 3 unspecified atom stereocenters. The maximum absolute atomic E-state index is 9.98. The van der Waals surface area contributed by atoms with Crippen LogP contribution in [0.3, 0.4) is 0 Å². The van der Waals surface area contributed by atoms with E-state index in [1.807, 2.05) is 11.8 Å². The summed E-state index contributed by atoms with van der Waals surface area (Å²) in [6, 6.07) is 0. The summed E-state index contributed by atoms with van der Waals surface area (Å²) in [5.74, 6) is 0. The van der Waals surface area contributed by atoms with Crippen LogP contribution in [0, 0.1) is 5.41 Å². The van der Waals surface area contributed by atoms with Gasteiger partial charge < -0.3 is 5.11 Å². The van der Waals surface area contributed by atoms with Crippen LogP contribution in [0.5, 0.6) is 0 Å². The molecule has 0 aromatic heterocycles. The molecule has 0 aromatic rings. The molecule has 1 nitrogen and oxygen atoms in total. The van der Waals surface area contributed by atoms with Gasteiger partial charge in [0.2, 0.25) is 0 Å². The minimum Gasteiger partial charge on any atom is -0.392 e. The van der Waals surface area contributed by atoms with Crippen molar-refractivity contribution in [3.05, 3.63) is 12.2 Å². The van der Waals surface area contributed by atoms with E-state index >= 15 is 0 Å². The second-order valence-corrected chi connectivity index (χ2v) is 6.58. The van der Waals surface area contributed by atoms with Crippen molar-refractivity contribution in [1.82, 2.24) is 0 Å². The van der Waals surface area contributed by atoms with Crippen molar-refractivity contribution < 1.29 is 5.11 Å². The Hall–Kier alpha value is 0.0500. The molecule has 0 radical (unpaired) electrons. The Labute approximate surface area is 92.0 Å². The van der Waals surface area contributed by atoms with Gasteiger partial charge in [0.15, 0.2) is 0 Å². The molecule has 1 aliphatic rings. The van der Waals surface area contributed by atoms with Gasteiger partial charge in [0.25, 0.3) is 0 Å². The van der Waals surface area contributed by atoms with Gasteiger partial charge in [0.05, 0.1) is 6.10 Å². The molecule has 2 heteroatoms. The SMILES string of the molecule is C=C(CC)C1CC(O)C(C(C)(C)C)S1. The highest BCUT2D eigenvalue weighted by molar-refractivity contribution is 8.01. The average Bonchev–Trinajstić information content (AvgIpc) is 2.45. The zero-order valence-corrected chi connectivity index (χ0v) is 10.5. The molecule has 1 rings (SSSR count). The topological polar surface area (TPSA) is 20.2 Å². The second-order valence-electron chi connectivity index (χ2n) is 5.23. The van der Waals surface area contributed by atoms with Crippen molar-refractivity contribution in [3.63, 3.8) is 0 Å². The van der Waals surface area contributed by atoms with Crippen LogP contribution < -0.4 is 0 Å². The summed E-state index contributed by atoms with van der Waals surface area (Å²) in [4.78, 5) is 0. The van der Waals surface area contributed by atoms with Gasteiger partial charge in [-0.3, -0.25) is 0 Å². The summed E-state index contributed by atoms with van der Waals surface area (Å²) in [7, 11) is 0. The maximum atomic E-state index is 9.98. The van der Waals surface area contributed by atoms with Crippen LogP contribution in [0.25, 0.3) is 0 Å². The smallest absolute Gasteiger partial charge is 0.0677 e. The Balaban J connectivity index is 2.65. The largest absolute Gasteiger partial charge is 0.392 e. The Morgan fingerprint density at radius 1 is 1.50 bits per heavy atom. The first-order valence-corrected chi connectivity index (χ1v) is 6.31. The van der Waals surface area contributed by atoms with Gasteiger partial charge in [-0.1, -0.05) is 39.8 Å². The molecule has 1 N–H and O–H groups in total. The zero-order valence-electron chi connectivity index (χ0n) is 9.71. The van der Waals surface area contributed by atoms with Crippen LogP contribution in [0.2, 0.25) is 0 Å². The van der Waals surface area contributed by atoms with Gasteiger partial charge in [-0.15, -0.1) is 11.8 Å². The van der Waals surface area contributed by atoms with E-state index in [1.54, 1.807) is 0 Å². The molecule has 0 saturated carbocycles. The third-order valence-electron chi connectivity index (χ3n) is 2.88. The summed E-state index contributed by atoms with van der Waals surface area (Å²) >= 11 is 1.91. The predicted octanol–water partition coefficient (Wildman–Crippen LogP) is 3.23. The van der Waals surface area contributed by atoms with Crippen LogP contribution in [-0.2, 0) is 0 Å². The maximum Gasteiger partial charge on any atom is 0.0677 e. The van der Waals surface area contributed by atoms with E-state index in [1.165, 1.54) is 5.57 Å². The summed E-state index contributed by atoms with van der Waals surface area (Å²) in [6.07, 6.45) is 1.76. The average molecular weight is 214 g/mol. The molecule has 0 aliphatic carbocycles. The van der Waals surface area contributed by atoms with Crippen molar-refractivity contribution in [2.75, 3.05) is 0 Å². The van der Waals surface area contributed by atoms with Crippen molar-refractivity contribution in [1.29, 1.82) is 0 Å².